The summed E-state index contributed by atoms with van der Waals surface area (Å²) in [4.78, 5) is 24.5. The molecule has 146 valence electrons. The molecule has 0 amide bonds. The molecule has 3 saturated carbocycles. The Hall–Kier alpha value is -1.30. The number of hydrogen-bond acceptors (Lipinski definition) is 5. The monoisotopic (exact) mass is 372 g/mol. The van der Waals surface area contributed by atoms with Crippen LogP contribution in [0.3, 0.4) is 0 Å². The zero-order valence-corrected chi connectivity index (χ0v) is 16.2. The highest BCUT2D eigenvalue weighted by molar-refractivity contribution is 6.01. The van der Waals surface area contributed by atoms with Crippen molar-refractivity contribution in [1.82, 2.24) is 0 Å². The minimum atomic E-state index is -1.50. The van der Waals surface area contributed by atoms with Crippen LogP contribution in [-0.2, 0) is 14.3 Å². The van der Waals surface area contributed by atoms with Crippen LogP contribution in [0.5, 0.6) is 0 Å². The lowest BCUT2D eigenvalue weighted by molar-refractivity contribution is -0.165. The molecule has 5 heteroatoms. The van der Waals surface area contributed by atoms with E-state index >= 15 is 0 Å². The number of rotatable bonds is 2. The summed E-state index contributed by atoms with van der Waals surface area (Å²) >= 11 is 0. The van der Waals surface area contributed by atoms with Crippen LogP contribution in [0.15, 0.2) is 23.8 Å². The van der Waals surface area contributed by atoms with Crippen molar-refractivity contribution in [1.29, 1.82) is 0 Å². The fraction of sp³-hybridized carbons (Fsp3) is 0.727. The van der Waals surface area contributed by atoms with Crippen LogP contribution in [0.4, 0.5) is 0 Å². The Morgan fingerprint density at radius 3 is 2.78 bits per heavy atom. The van der Waals surface area contributed by atoms with Crippen LogP contribution in [-0.4, -0.2) is 45.7 Å². The topological polar surface area (TPSA) is 87.1 Å². The number of hydrogen-bond donors (Lipinski definition) is 2. The number of ketones is 2. The summed E-state index contributed by atoms with van der Waals surface area (Å²) in [6, 6.07) is 0. The number of aliphatic hydroxyl groups is 2. The van der Waals surface area contributed by atoms with Crippen molar-refractivity contribution < 1.29 is 24.5 Å². The van der Waals surface area contributed by atoms with Crippen LogP contribution in [0.25, 0.3) is 0 Å². The molecule has 27 heavy (non-hydrogen) atoms. The maximum Gasteiger partial charge on any atom is 0.190 e. The van der Waals surface area contributed by atoms with Gasteiger partial charge in [-0.25, -0.2) is 0 Å². The lowest BCUT2D eigenvalue weighted by Crippen LogP contribution is -2.62. The van der Waals surface area contributed by atoms with Gasteiger partial charge in [0.1, 0.15) is 17.8 Å². The Balaban J connectivity index is 1.60. The molecule has 1 heterocycles. The molecular formula is C22H28O5. The first-order valence-corrected chi connectivity index (χ1v) is 10.1. The van der Waals surface area contributed by atoms with Gasteiger partial charge in [0.25, 0.3) is 0 Å². The van der Waals surface area contributed by atoms with Gasteiger partial charge in [-0.15, -0.1) is 0 Å². The number of allylic oxidation sites excluding steroid dienone is 2. The molecule has 0 aromatic heterocycles. The van der Waals surface area contributed by atoms with Gasteiger partial charge < -0.3 is 14.9 Å². The summed E-state index contributed by atoms with van der Waals surface area (Å²) in [6.45, 7) is 5.51. The third kappa shape index (κ3) is 1.73. The zero-order valence-electron chi connectivity index (χ0n) is 16.2. The molecule has 1 saturated heterocycles. The van der Waals surface area contributed by atoms with E-state index in [1.165, 1.54) is 0 Å². The van der Waals surface area contributed by atoms with E-state index in [9.17, 15) is 19.8 Å². The van der Waals surface area contributed by atoms with E-state index < -0.39 is 23.4 Å². The largest absolute Gasteiger partial charge is 0.388 e. The molecule has 1 aliphatic heterocycles. The fourth-order valence-electron chi connectivity index (χ4n) is 7.70. The predicted molar refractivity (Wildman–Crippen MR) is 97.7 cm³/mol. The van der Waals surface area contributed by atoms with E-state index in [0.717, 1.165) is 24.8 Å². The van der Waals surface area contributed by atoms with Crippen molar-refractivity contribution in [2.45, 2.75) is 63.8 Å². The molecule has 0 aromatic rings. The van der Waals surface area contributed by atoms with Gasteiger partial charge in [-0.2, -0.15) is 0 Å². The molecular weight excluding hydrogens is 344 g/mol. The van der Waals surface area contributed by atoms with Crippen LogP contribution in [0.1, 0.15) is 46.5 Å². The number of epoxide rings is 1. The summed E-state index contributed by atoms with van der Waals surface area (Å²) in [5.41, 5.74) is -1.55. The molecule has 4 unspecified atom stereocenters. The minimum absolute atomic E-state index is 0.0291. The molecule has 4 aliphatic carbocycles. The maximum atomic E-state index is 12.6. The molecule has 5 aliphatic rings. The minimum Gasteiger partial charge on any atom is -0.388 e. The first-order chi connectivity index (χ1) is 12.6. The van der Waals surface area contributed by atoms with E-state index in [1.54, 1.807) is 12.2 Å². The molecule has 0 radical (unpaired) electrons. The summed E-state index contributed by atoms with van der Waals surface area (Å²) in [5, 5.41) is 21.0. The van der Waals surface area contributed by atoms with Crippen molar-refractivity contribution in [2.75, 3.05) is 6.61 Å². The van der Waals surface area contributed by atoms with Gasteiger partial charge in [-0.1, -0.05) is 25.5 Å². The van der Waals surface area contributed by atoms with Gasteiger partial charge in [-0.3, -0.25) is 9.59 Å². The first kappa shape index (κ1) is 17.8. The van der Waals surface area contributed by atoms with Crippen LogP contribution >= 0.6 is 0 Å². The molecule has 0 bridgehead atoms. The van der Waals surface area contributed by atoms with E-state index in [2.05, 4.69) is 6.92 Å². The van der Waals surface area contributed by atoms with Crippen LogP contribution in [0, 0.1) is 28.6 Å². The normalized spacial score (nSPS) is 55.1. The Bertz CT molecular complexity index is 814. The summed E-state index contributed by atoms with van der Waals surface area (Å²) in [5.74, 6) is -0.193. The SMILES string of the molecule is CC1CC2C3CCC4=CC(=O)C=C[C@]4(C)[C@@]34OC4C[C@]2(C)[C@@]1(O)C(=O)CO. The first-order valence-electron chi connectivity index (χ1n) is 10.1. The Morgan fingerprint density at radius 2 is 2.07 bits per heavy atom. The van der Waals surface area contributed by atoms with Gasteiger partial charge in [0, 0.05) is 10.8 Å². The van der Waals surface area contributed by atoms with Crippen molar-refractivity contribution in [3.8, 4) is 0 Å². The molecule has 4 fully saturated rings. The Labute approximate surface area is 159 Å². The maximum absolute atomic E-state index is 12.6. The number of fused-ring (bicyclic) bond motifs is 3. The molecule has 5 nitrogen and oxygen atoms in total. The second-order valence-electron chi connectivity index (χ2n) is 9.86. The molecule has 1 spiro atoms. The highest BCUT2D eigenvalue weighted by atomic mass is 16.6. The summed E-state index contributed by atoms with van der Waals surface area (Å²) in [6.07, 6.45) is 8.58. The second kappa shape index (κ2) is 5.00. The second-order valence-corrected chi connectivity index (χ2v) is 9.86. The average Bonchev–Trinajstić information content (AvgIpc) is 3.31. The number of aliphatic hydroxyl groups excluding tert-OH is 1. The lowest BCUT2D eigenvalue weighted by atomic mass is 9.46. The predicted octanol–water partition coefficient (Wildman–Crippen LogP) is 1.96. The quantitative estimate of drug-likeness (QED) is 0.724. The van der Waals surface area contributed by atoms with Gasteiger partial charge >= 0.3 is 0 Å². The third-order valence-electron chi connectivity index (χ3n) is 9.08. The average molecular weight is 372 g/mol. The van der Waals surface area contributed by atoms with Gasteiger partial charge in [0.2, 0.25) is 0 Å². The molecule has 2 N–H and O–H groups in total. The number of carbonyl (C=O) groups is 2. The van der Waals surface area contributed by atoms with Crippen LogP contribution < -0.4 is 0 Å². The highest BCUT2D eigenvalue weighted by Gasteiger charge is 2.81. The zero-order chi connectivity index (χ0) is 19.4. The van der Waals surface area contributed by atoms with Crippen molar-refractivity contribution >= 4 is 11.6 Å². The standard InChI is InChI=1S/C22H28O5/c1-12-8-16-15-5-4-13-9-14(24)6-7-19(13,2)22(15)18(27-22)10-20(16,3)21(12,26)17(25)11-23/h6-7,9,12,15-16,18,23,26H,4-5,8,10-11H2,1-3H3/t12?,15?,16?,18?,19-,20-,21-,22+/m0/s1. The molecule has 0 aromatic carbocycles. The number of Topliss-reactive ketones (excluding diaryl/α,β-unsaturated/α-hetero) is 1. The molecule has 8 atom stereocenters. The van der Waals surface area contributed by atoms with E-state index in [4.69, 9.17) is 4.74 Å². The van der Waals surface area contributed by atoms with Gasteiger partial charge in [0.05, 0.1) is 6.10 Å². The highest BCUT2D eigenvalue weighted by Crippen LogP contribution is 2.76. The fourth-order valence-corrected chi connectivity index (χ4v) is 7.70. The Kier molecular flexibility index (Phi) is 3.29. The van der Waals surface area contributed by atoms with Crippen LogP contribution in [0.2, 0.25) is 0 Å². The Morgan fingerprint density at radius 1 is 1.33 bits per heavy atom. The van der Waals surface area contributed by atoms with Gasteiger partial charge in [-0.05, 0) is 62.5 Å². The van der Waals surface area contributed by atoms with E-state index in [1.807, 2.05) is 19.9 Å². The van der Waals surface area contributed by atoms with E-state index in [0.29, 0.717) is 6.42 Å². The number of carbonyl (C=O) groups excluding carboxylic acids is 2. The van der Waals surface area contributed by atoms with Crippen molar-refractivity contribution in [2.24, 2.45) is 28.6 Å². The summed E-state index contributed by atoms with van der Waals surface area (Å²) in [7, 11) is 0. The van der Waals surface area contributed by atoms with Crippen molar-refractivity contribution in [3.05, 3.63) is 23.8 Å². The van der Waals surface area contributed by atoms with Gasteiger partial charge in [0.15, 0.2) is 11.6 Å². The smallest absolute Gasteiger partial charge is 0.190 e. The molecule has 5 rings (SSSR count). The third-order valence-corrected chi connectivity index (χ3v) is 9.08. The number of ether oxygens (including phenoxy) is 1. The van der Waals surface area contributed by atoms with E-state index in [-0.39, 0.29) is 40.7 Å². The van der Waals surface area contributed by atoms with Crippen molar-refractivity contribution in [3.63, 3.8) is 0 Å². The lowest BCUT2D eigenvalue weighted by Gasteiger charge is -2.55. The summed E-state index contributed by atoms with van der Waals surface area (Å²) < 4.78 is 6.43.